The molecule has 0 atom stereocenters. The van der Waals surface area contributed by atoms with Gasteiger partial charge in [-0.05, 0) is 24.3 Å². The fraction of sp³-hybridized carbons (Fsp3) is 0. The lowest BCUT2D eigenvalue weighted by molar-refractivity contribution is 0.358. The van der Waals surface area contributed by atoms with E-state index in [2.05, 4.69) is 10.3 Å². The number of anilines is 3. The number of rotatable bonds is 5. The molecule has 1 heterocycles. The van der Waals surface area contributed by atoms with Gasteiger partial charge in [-0.2, -0.15) is 0 Å². The predicted molar refractivity (Wildman–Crippen MR) is 91.0 cm³/mol. The van der Waals surface area contributed by atoms with Gasteiger partial charge in [0.1, 0.15) is 0 Å². The number of aromatic nitrogens is 1. The van der Waals surface area contributed by atoms with Crippen molar-refractivity contribution < 1.29 is 30.4 Å². The zero-order chi connectivity index (χ0) is 20.5. The molecular formula is C17H10F5N3O2S. The quantitative estimate of drug-likeness (QED) is 0.370. The Hall–Kier alpha value is -3.21. The average Bonchev–Trinajstić information content (AvgIpc) is 2.67. The standard InChI is InChI=1S/C17H10F5N3O2S/c18-11-12(19)14(21)16(15(22)13(11)20)28(26,27)25-10-7-4-8-23-17(10)24-9-5-2-1-3-6-9/h1-8,25H,(H,23,24). The van der Waals surface area contributed by atoms with Crippen LogP contribution in [0.2, 0.25) is 0 Å². The third-order valence-corrected chi connectivity index (χ3v) is 4.91. The maximum absolute atomic E-state index is 13.9. The number of nitrogens with one attached hydrogen (secondary N) is 2. The minimum atomic E-state index is -5.18. The zero-order valence-corrected chi connectivity index (χ0v) is 14.5. The smallest absolute Gasteiger partial charge is 0.268 e. The number of benzene rings is 2. The van der Waals surface area contributed by atoms with Crippen LogP contribution < -0.4 is 10.0 Å². The highest BCUT2D eigenvalue weighted by Crippen LogP contribution is 2.30. The van der Waals surface area contributed by atoms with Crippen LogP contribution in [0.25, 0.3) is 0 Å². The van der Waals surface area contributed by atoms with Gasteiger partial charge >= 0.3 is 0 Å². The molecule has 5 nitrogen and oxygen atoms in total. The first kappa shape index (κ1) is 19.5. The van der Waals surface area contributed by atoms with Crippen LogP contribution >= 0.6 is 0 Å². The molecule has 0 unspecified atom stereocenters. The van der Waals surface area contributed by atoms with Gasteiger partial charge in [0, 0.05) is 11.9 Å². The number of pyridine rings is 1. The predicted octanol–water partition coefficient (Wildman–Crippen LogP) is 4.32. The van der Waals surface area contributed by atoms with Crippen LogP contribution in [0, 0.1) is 29.1 Å². The zero-order valence-electron chi connectivity index (χ0n) is 13.7. The summed E-state index contributed by atoms with van der Waals surface area (Å²) in [5, 5.41) is 2.77. The van der Waals surface area contributed by atoms with E-state index in [0.29, 0.717) is 5.69 Å². The van der Waals surface area contributed by atoms with Crippen molar-refractivity contribution in [2.75, 3.05) is 10.0 Å². The Bertz CT molecular complexity index is 1110. The number of sulfonamides is 1. The maximum Gasteiger partial charge on any atom is 0.268 e. The van der Waals surface area contributed by atoms with Crippen LogP contribution in [0.15, 0.2) is 53.6 Å². The van der Waals surface area contributed by atoms with E-state index in [1.165, 1.54) is 18.3 Å². The van der Waals surface area contributed by atoms with Gasteiger partial charge in [-0.25, -0.2) is 35.4 Å². The van der Waals surface area contributed by atoms with Crippen molar-refractivity contribution in [3.8, 4) is 0 Å². The van der Waals surface area contributed by atoms with Crippen molar-refractivity contribution in [2.24, 2.45) is 0 Å². The van der Waals surface area contributed by atoms with Gasteiger partial charge in [0.05, 0.1) is 5.69 Å². The Morgan fingerprint density at radius 1 is 0.750 bits per heavy atom. The van der Waals surface area contributed by atoms with Crippen molar-refractivity contribution >= 4 is 27.2 Å². The maximum atomic E-state index is 13.9. The van der Waals surface area contributed by atoms with Crippen molar-refractivity contribution in [1.82, 2.24) is 4.98 Å². The summed E-state index contributed by atoms with van der Waals surface area (Å²) < 4.78 is 94.1. The van der Waals surface area contributed by atoms with Crippen molar-refractivity contribution in [3.05, 3.63) is 77.7 Å². The van der Waals surface area contributed by atoms with E-state index in [9.17, 15) is 30.4 Å². The lowest BCUT2D eigenvalue weighted by Gasteiger charge is -2.14. The molecule has 0 amide bonds. The number of para-hydroxylation sites is 1. The van der Waals surface area contributed by atoms with Crippen LogP contribution in [0.5, 0.6) is 0 Å². The normalized spacial score (nSPS) is 11.3. The Morgan fingerprint density at radius 2 is 1.32 bits per heavy atom. The van der Waals surface area contributed by atoms with E-state index in [4.69, 9.17) is 0 Å². The Kier molecular flexibility index (Phi) is 5.18. The van der Waals surface area contributed by atoms with Crippen molar-refractivity contribution in [3.63, 3.8) is 0 Å². The molecule has 146 valence electrons. The van der Waals surface area contributed by atoms with E-state index in [1.807, 2.05) is 0 Å². The van der Waals surface area contributed by atoms with E-state index in [0.717, 1.165) is 0 Å². The molecule has 2 aromatic carbocycles. The molecule has 0 saturated heterocycles. The molecule has 0 radical (unpaired) electrons. The molecule has 28 heavy (non-hydrogen) atoms. The van der Waals surface area contributed by atoms with Gasteiger partial charge in [0.25, 0.3) is 10.0 Å². The number of hydrogen-bond donors (Lipinski definition) is 2. The summed E-state index contributed by atoms with van der Waals surface area (Å²) >= 11 is 0. The highest BCUT2D eigenvalue weighted by molar-refractivity contribution is 7.92. The lowest BCUT2D eigenvalue weighted by atomic mass is 10.3. The number of hydrogen-bond acceptors (Lipinski definition) is 4. The molecular weight excluding hydrogens is 405 g/mol. The second kappa shape index (κ2) is 7.43. The van der Waals surface area contributed by atoms with Gasteiger partial charge in [-0.1, -0.05) is 18.2 Å². The third kappa shape index (κ3) is 3.60. The number of halogens is 5. The van der Waals surface area contributed by atoms with Gasteiger partial charge in [-0.3, -0.25) is 4.72 Å². The second-order valence-corrected chi connectivity index (χ2v) is 7.01. The van der Waals surface area contributed by atoms with Gasteiger partial charge in [-0.15, -0.1) is 0 Å². The van der Waals surface area contributed by atoms with Gasteiger partial charge in [0.2, 0.25) is 5.82 Å². The number of nitrogens with zero attached hydrogens (tertiary/aromatic N) is 1. The largest absolute Gasteiger partial charge is 0.338 e. The summed E-state index contributed by atoms with van der Waals surface area (Å²) in [5.41, 5.74) is 0.244. The minimum absolute atomic E-state index is 0.0545. The topological polar surface area (TPSA) is 71.1 Å². The average molecular weight is 415 g/mol. The van der Waals surface area contributed by atoms with E-state index < -0.39 is 44.0 Å². The van der Waals surface area contributed by atoms with Crippen LogP contribution in [-0.4, -0.2) is 13.4 Å². The first-order valence-electron chi connectivity index (χ1n) is 7.53. The summed E-state index contributed by atoms with van der Waals surface area (Å²) in [6, 6.07) is 10.9. The SMILES string of the molecule is O=S(=O)(Nc1cccnc1Nc1ccccc1)c1c(F)c(F)c(F)c(F)c1F. The molecule has 0 spiro atoms. The third-order valence-electron chi connectivity index (χ3n) is 3.53. The lowest BCUT2D eigenvalue weighted by Crippen LogP contribution is -2.20. The molecule has 0 fully saturated rings. The molecule has 0 aliphatic heterocycles. The molecule has 11 heteroatoms. The molecule has 1 aromatic heterocycles. The van der Waals surface area contributed by atoms with E-state index >= 15 is 0 Å². The Balaban J connectivity index is 2.04. The van der Waals surface area contributed by atoms with Crippen molar-refractivity contribution in [2.45, 2.75) is 4.90 Å². The van der Waals surface area contributed by atoms with Crippen LogP contribution in [0.3, 0.4) is 0 Å². The second-order valence-electron chi connectivity index (χ2n) is 5.40. The Labute approximate surface area is 155 Å². The minimum Gasteiger partial charge on any atom is -0.338 e. The monoisotopic (exact) mass is 415 g/mol. The molecule has 2 N–H and O–H groups in total. The first-order chi connectivity index (χ1) is 13.2. The molecule has 3 rings (SSSR count). The highest BCUT2D eigenvalue weighted by atomic mass is 32.2. The first-order valence-corrected chi connectivity index (χ1v) is 9.02. The molecule has 0 bridgehead atoms. The molecule has 0 aliphatic rings. The molecule has 0 saturated carbocycles. The van der Waals surface area contributed by atoms with Crippen molar-refractivity contribution in [1.29, 1.82) is 0 Å². The molecule has 3 aromatic rings. The highest BCUT2D eigenvalue weighted by Gasteiger charge is 2.34. The fourth-order valence-corrected chi connectivity index (χ4v) is 3.47. The fourth-order valence-electron chi connectivity index (χ4n) is 2.26. The van der Waals surface area contributed by atoms with Gasteiger partial charge < -0.3 is 5.32 Å². The van der Waals surface area contributed by atoms with E-state index in [1.54, 1.807) is 35.1 Å². The van der Waals surface area contributed by atoms with Crippen LogP contribution in [-0.2, 0) is 10.0 Å². The van der Waals surface area contributed by atoms with E-state index in [-0.39, 0.29) is 11.5 Å². The summed E-state index contributed by atoms with van der Waals surface area (Å²) in [6.07, 6.45) is 1.31. The summed E-state index contributed by atoms with van der Waals surface area (Å²) in [4.78, 5) is 1.92. The van der Waals surface area contributed by atoms with Crippen LogP contribution in [0.1, 0.15) is 0 Å². The Morgan fingerprint density at radius 3 is 1.93 bits per heavy atom. The summed E-state index contributed by atoms with van der Waals surface area (Å²) in [6.45, 7) is 0. The van der Waals surface area contributed by atoms with Crippen LogP contribution in [0.4, 0.5) is 39.1 Å². The summed E-state index contributed by atoms with van der Waals surface area (Å²) in [5.74, 6) is -12.2. The summed E-state index contributed by atoms with van der Waals surface area (Å²) in [7, 11) is -5.18. The van der Waals surface area contributed by atoms with Gasteiger partial charge in [0.15, 0.2) is 34.0 Å². The molecule has 0 aliphatic carbocycles.